The number of aryl methyl sites for hydroxylation is 1. The lowest BCUT2D eigenvalue weighted by Gasteiger charge is -2.05. The minimum atomic E-state index is -0.479. The number of esters is 1. The summed E-state index contributed by atoms with van der Waals surface area (Å²) in [6.07, 6.45) is 1.47. The molecule has 2 rings (SSSR count). The van der Waals surface area contributed by atoms with Gasteiger partial charge in [0, 0.05) is 12.6 Å². The Bertz CT molecular complexity index is 830. The van der Waals surface area contributed by atoms with E-state index in [9.17, 15) is 14.9 Å². The molecule has 0 saturated heterocycles. The number of nitrogens with one attached hydrogen (secondary N) is 1. The Kier molecular flexibility index (Phi) is 5.48. The summed E-state index contributed by atoms with van der Waals surface area (Å²) < 4.78 is 4.93. The Balaban J connectivity index is 2.15. The van der Waals surface area contributed by atoms with Gasteiger partial charge in [0.25, 0.3) is 5.91 Å². The van der Waals surface area contributed by atoms with Crippen molar-refractivity contribution >= 4 is 23.6 Å². The summed E-state index contributed by atoms with van der Waals surface area (Å²) in [4.78, 5) is 23.1. The first-order chi connectivity index (χ1) is 11.5. The van der Waals surface area contributed by atoms with Gasteiger partial charge in [-0.25, -0.2) is 0 Å². The van der Waals surface area contributed by atoms with E-state index in [4.69, 9.17) is 4.74 Å². The predicted octanol–water partition coefficient (Wildman–Crippen LogP) is 3.47. The molecule has 0 heterocycles. The minimum Gasteiger partial charge on any atom is -0.427 e. The summed E-state index contributed by atoms with van der Waals surface area (Å²) in [5.41, 5.74) is 2.28. The van der Waals surface area contributed by atoms with E-state index in [1.165, 1.54) is 13.0 Å². The SMILES string of the molecule is CC(=O)Oc1ccc(/C=C(\C#N)C(=O)Nc2cccc(C)c2)cc1. The zero-order valence-corrected chi connectivity index (χ0v) is 13.4. The molecule has 1 N–H and O–H groups in total. The molecule has 0 bridgehead atoms. The van der Waals surface area contributed by atoms with E-state index in [1.807, 2.05) is 31.2 Å². The van der Waals surface area contributed by atoms with Gasteiger partial charge in [-0.3, -0.25) is 9.59 Å². The fourth-order valence-electron chi connectivity index (χ4n) is 2.03. The summed E-state index contributed by atoms with van der Waals surface area (Å²) in [5, 5.41) is 11.9. The van der Waals surface area contributed by atoms with E-state index >= 15 is 0 Å². The van der Waals surface area contributed by atoms with Gasteiger partial charge in [0.15, 0.2) is 0 Å². The molecule has 0 spiro atoms. The molecule has 5 nitrogen and oxygen atoms in total. The maximum atomic E-state index is 12.2. The van der Waals surface area contributed by atoms with E-state index in [0.717, 1.165) is 5.56 Å². The topological polar surface area (TPSA) is 79.2 Å². The summed E-state index contributed by atoms with van der Waals surface area (Å²) in [5.74, 6) is -0.483. The number of nitrogens with zero attached hydrogens (tertiary/aromatic N) is 1. The number of nitriles is 1. The van der Waals surface area contributed by atoms with Crippen LogP contribution in [0.4, 0.5) is 5.69 Å². The lowest BCUT2D eigenvalue weighted by atomic mass is 10.1. The van der Waals surface area contributed by atoms with Gasteiger partial charge < -0.3 is 10.1 Å². The number of anilines is 1. The van der Waals surface area contributed by atoms with Crippen molar-refractivity contribution in [1.29, 1.82) is 5.26 Å². The number of ether oxygens (including phenoxy) is 1. The van der Waals surface area contributed by atoms with E-state index < -0.39 is 11.9 Å². The first kappa shape index (κ1) is 17.0. The van der Waals surface area contributed by atoms with Crippen molar-refractivity contribution in [3.63, 3.8) is 0 Å². The number of rotatable bonds is 4. The number of hydrogen-bond donors (Lipinski definition) is 1. The molecule has 0 aliphatic rings. The van der Waals surface area contributed by atoms with Crippen LogP contribution in [-0.4, -0.2) is 11.9 Å². The average molecular weight is 320 g/mol. The van der Waals surface area contributed by atoms with Crippen LogP contribution in [0.2, 0.25) is 0 Å². The van der Waals surface area contributed by atoms with Gasteiger partial charge in [0.2, 0.25) is 0 Å². The van der Waals surface area contributed by atoms with Crippen LogP contribution in [0.5, 0.6) is 5.75 Å². The fourth-order valence-corrected chi connectivity index (χ4v) is 2.03. The first-order valence-corrected chi connectivity index (χ1v) is 7.26. The maximum Gasteiger partial charge on any atom is 0.308 e. The van der Waals surface area contributed by atoms with Gasteiger partial charge in [-0.1, -0.05) is 24.3 Å². The van der Waals surface area contributed by atoms with Crippen LogP contribution < -0.4 is 10.1 Å². The normalized spacial score (nSPS) is 10.6. The summed E-state index contributed by atoms with van der Waals surface area (Å²) in [6, 6.07) is 15.7. The van der Waals surface area contributed by atoms with Crippen molar-refractivity contribution < 1.29 is 14.3 Å². The third kappa shape index (κ3) is 4.82. The van der Waals surface area contributed by atoms with Gasteiger partial charge in [0.05, 0.1) is 0 Å². The molecule has 2 aromatic carbocycles. The van der Waals surface area contributed by atoms with Crippen LogP contribution in [-0.2, 0) is 9.59 Å². The monoisotopic (exact) mass is 320 g/mol. The second-order valence-electron chi connectivity index (χ2n) is 5.16. The summed E-state index contributed by atoms with van der Waals surface area (Å²) in [6.45, 7) is 3.23. The van der Waals surface area contributed by atoms with Crippen LogP contribution in [0.3, 0.4) is 0 Å². The Morgan fingerprint density at radius 2 is 1.88 bits per heavy atom. The molecule has 24 heavy (non-hydrogen) atoms. The van der Waals surface area contributed by atoms with E-state index in [0.29, 0.717) is 17.0 Å². The molecule has 0 radical (unpaired) electrons. The molecule has 120 valence electrons. The highest BCUT2D eigenvalue weighted by Gasteiger charge is 2.09. The second kappa shape index (κ2) is 7.75. The standard InChI is InChI=1S/C19H16N2O3/c1-13-4-3-5-17(10-13)21-19(23)16(12-20)11-15-6-8-18(9-7-15)24-14(2)22/h3-11H,1-2H3,(H,21,23)/b16-11+. The first-order valence-electron chi connectivity index (χ1n) is 7.26. The zero-order valence-electron chi connectivity index (χ0n) is 13.4. The molecule has 0 unspecified atom stereocenters. The van der Waals surface area contributed by atoms with E-state index in [2.05, 4.69) is 5.32 Å². The maximum absolute atomic E-state index is 12.2. The molecule has 0 saturated carbocycles. The highest BCUT2D eigenvalue weighted by atomic mass is 16.5. The number of hydrogen-bond acceptors (Lipinski definition) is 4. The van der Waals surface area contributed by atoms with Crippen molar-refractivity contribution in [1.82, 2.24) is 0 Å². The lowest BCUT2D eigenvalue weighted by Crippen LogP contribution is -2.13. The van der Waals surface area contributed by atoms with Crippen LogP contribution in [0, 0.1) is 18.3 Å². The molecule has 0 aromatic heterocycles. The number of amides is 1. The highest BCUT2D eigenvalue weighted by Crippen LogP contribution is 2.16. The van der Waals surface area contributed by atoms with E-state index in [1.54, 1.807) is 30.3 Å². The Labute approximate surface area is 140 Å². The summed E-state index contributed by atoms with van der Waals surface area (Å²) in [7, 11) is 0. The number of carbonyl (C=O) groups is 2. The van der Waals surface area contributed by atoms with Gasteiger partial charge in [-0.2, -0.15) is 5.26 Å². The van der Waals surface area contributed by atoms with Crippen LogP contribution in [0.15, 0.2) is 54.1 Å². The molecular weight excluding hydrogens is 304 g/mol. The minimum absolute atomic E-state index is 0.0169. The highest BCUT2D eigenvalue weighted by molar-refractivity contribution is 6.09. The molecule has 0 fully saturated rings. The van der Waals surface area contributed by atoms with Crippen molar-refractivity contribution in [2.24, 2.45) is 0 Å². The fraction of sp³-hybridized carbons (Fsp3) is 0.105. The second-order valence-corrected chi connectivity index (χ2v) is 5.16. The average Bonchev–Trinajstić information content (AvgIpc) is 2.53. The summed E-state index contributed by atoms with van der Waals surface area (Å²) >= 11 is 0. The van der Waals surface area contributed by atoms with Crippen LogP contribution in [0.1, 0.15) is 18.1 Å². The Morgan fingerprint density at radius 1 is 1.17 bits per heavy atom. The lowest BCUT2D eigenvalue weighted by molar-refractivity contribution is -0.131. The molecule has 0 aliphatic heterocycles. The quantitative estimate of drug-likeness (QED) is 0.405. The van der Waals surface area contributed by atoms with Crippen LogP contribution >= 0.6 is 0 Å². The van der Waals surface area contributed by atoms with Crippen molar-refractivity contribution in [2.45, 2.75) is 13.8 Å². The third-order valence-electron chi connectivity index (χ3n) is 3.09. The van der Waals surface area contributed by atoms with Gasteiger partial charge in [-0.15, -0.1) is 0 Å². The van der Waals surface area contributed by atoms with Gasteiger partial charge in [0.1, 0.15) is 17.4 Å². The number of benzene rings is 2. The predicted molar refractivity (Wildman–Crippen MR) is 91.1 cm³/mol. The zero-order chi connectivity index (χ0) is 17.5. The molecule has 2 aromatic rings. The Morgan fingerprint density at radius 3 is 2.46 bits per heavy atom. The largest absolute Gasteiger partial charge is 0.427 e. The molecular formula is C19H16N2O3. The van der Waals surface area contributed by atoms with Crippen LogP contribution in [0.25, 0.3) is 6.08 Å². The van der Waals surface area contributed by atoms with Gasteiger partial charge >= 0.3 is 5.97 Å². The molecule has 0 aliphatic carbocycles. The Hall–Kier alpha value is -3.39. The van der Waals surface area contributed by atoms with Crippen molar-refractivity contribution in [2.75, 3.05) is 5.32 Å². The van der Waals surface area contributed by atoms with Crippen molar-refractivity contribution in [3.8, 4) is 11.8 Å². The van der Waals surface area contributed by atoms with Gasteiger partial charge in [-0.05, 0) is 48.4 Å². The van der Waals surface area contributed by atoms with Crippen molar-refractivity contribution in [3.05, 3.63) is 65.2 Å². The molecule has 1 amide bonds. The molecule has 5 heteroatoms. The third-order valence-corrected chi connectivity index (χ3v) is 3.09. The number of carbonyl (C=O) groups excluding carboxylic acids is 2. The molecule has 0 atom stereocenters. The van der Waals surface area contributed by atoms with E-state index in [-0.39, 0.29) is 5.57 Å². The smallest absolute Gasteiger partial charge is 0.308 e.